The smallest absolute Gasteiger partial charge is 0.272 e. The maximum Gasteiger partial charge on any atom is 0.272 e. The molecule has 1 unspecified atom stereocenters. The van der Waals surface area contributed by atoms with Crippen LogP contribution in [0.2, 0.25) is 0 Å². The summed E-state index contributed by atoms with van der Waals surface area (Å²) in [4.78, 5) is 12.0. The minimum Gasteiger partial charge on any atom is -0.388 e. The first-order chi connectivity index (χ1) is 8.53. The molecular weight excluding hydrogens is 230 g/mol. The predicted molar refractivity (Wildman–Crippen MR) is 69.3 cm³/mol. The quantitative estimate of drug-likeness (QED) is 0.765. The second kappa shape index (κ2) is 4.78. The SMILES string of the molecule is CCC(C)(O)CNC(=O)c1n[nH]c2ccccc12. The van der Waals surface area contributed by atoms with Crippen molar-refractivity contribution >= 4 is 16.8 Å². The van der Waals surface area contributed by atoms with Gasteiger partial charge < -0.3 is 10.4 Å². The number of rotatable bonds is 4. The van der Waals surface area contributed by atoms with E-state index in [-0.39, 0.29) is 12.5 Å². The van der Waals surface area contributed by atoms with Crippen LogP contribution in [0.4, 0.5) is 0 Å². The number of para-hydroxylation sites is 1. The fourth-order valence-electron chi connectivity index (χ4n) is 1.62. The number of aromatic amines is 1. The van der Waals surface area contributed by atoms with Crippen molar-refractivity contribution in [2.75, 3.05) is 6.54 Å². The first-order valence-corrected chi connectivity index (χ1v) is 5.97. The molecule has 18 heavy (non-hydrogen) atoms. The van der Waals surface area contributed by atoms with Gasteiger partial charge in [0.25, 0.3) is 5.91 Å². The number of hydrogen-bond donors (Lipinski definition) is 3. The minimum atomic E-state index is -0.887. The zero-order chi connectivity index (χ0) is 13.2. The van der Waals surface area contributed by atoms with Crippen LogP contribution in [0.3, 0.4) is 0 Å². The molecule has 0 bridgehead atoms. The van der Waals surface area contributed by atoms with E-state index in [1.54, 1.807) is 6.92 Å². The molecule has 0 fully saturated rings. The predicted octanol–water partition coefficient (Wildman–Crippen LogP) is 1.45. The highest BCUT2D eigenvalue weighted by molar-refractivity contribution is 6.04. The fraction of sp³-hybridized carbons (Fsp3) is 0.385. The van der Waals surface area contributed by atoms with E-state index in [2.05, 4.69) is 15.5 Å². The summed E-state index contributed by atoms with van der Waals surface area (Å²) in [6.45, 7) is 3.77. The zero-order valence-corrected chi connectivity index (χ0v) is 10.5. The number of carbonyl (C=O) groups excluding carboxylic acids is 1. The van der Waals surface area contributed by atoms with Gasteiger partial charge in [-0.05, 0) is 19.4 Å². The molecule has 1 heterocycles. The number of nitrogens with one attached hydrogen (secondary N) is 2. The Hall–Kier alpha value is -1.88. The third-order valence-electron chi connectivity index (χ3n) is 3.08. The van der Waals surface area contributed by atoms with Crippen molar-refractivity contribution in [3.8, 4) is 0 Å². The Morgan fingerprint density at radius 2 is 2.22 bits per heavy atom. The molecule has 0 aliphatic carbocycles. The summed E-state index contributed by atoms with van der Waals surface area (Å²) in [5, 5.41) is 20.1. The molecule has 2 aromatic rings. The number of nitrogens with zero attached hydrogens (tertiary/aromatic N) is 1. The molecule has 1 aromatic carbocycles. The molecule has 0 radical (unpaired) electrons. The van der Waals surface area contributed by atoms with Crippen molar-refractivity contribution < 1.29 is 9.90 Å². The zero-order valence-electron chi connectivity index (χ0n) is 10.5. The summed E-state index contributed by atoms with van der Waals surface area (Å²) in [6.07, 6.45) is 0.578. The van der Waals surface area contributed by atoms with Gasteiger partial charge in [0.1, 0.15) is 0 Å². The lowest BCUT2D eigenvalue weighted by Crippen LogP contribution is -2.40. The van der Waals surface area contributed by atoms with Crippen LogP contribution in [-0.4, -0.2) is 33.4 Å². The average molecular weight is 247 g/mol. The molecule has 0 saturated carbocycles. The van der Waals surface area contributed by atoms with Gasteiger partial charge in [-0.1, -0.05) is 25.1 Å². The highest BCUT2D eigenvalue weighted by atomic mass is 16.3. The van der Waals surface area contributed by atoms with E-state index in [9.17, 15) is 9.90 Å². The number of aromatic nitrogens is 2. The normalized spacial score (nSPS) is 14.4. The molecule has 1 amide bonds. The monoisotopic (exact) mass is 247 g/mol. The van der Waals surface area contributed by atoms with E-state index in [1.165, 1.54) is 0 Å². The molecule has 0 aliphatic rings. The van der Waals surface area contributed by atoms with Gasteiger partial charge in [-0.15, -0.1) is 0 Å². The van der Waals surface area contributed by atoms with Crippen molar-refractivity contribution in [3.63, 3.8) is 0 Å². The Bertz CT molecular complexity index is 560. The molecular formula is C13H17N3O2. The van der Waals surface area contributed by atoms with Gasteiger partial charge in [-0.3, -0.25) is 9.89 Å². The van der Waals surface area contributed by atoms with Gasteiger partial charge in [-0.2, -0.15) is 5.10 Å². The Morgan fingerprint density at radius 3 is 2.94 bits per heavy atom. The summed E-state index contributed by atoms with van der Waals surface area (Å²) in [7, 11) is 0. The average Bonchev–Trinajstić information content (AvgIpc) is 2.80. The number of H-pyrrole nitrogens is 1. The Balaban J connectivity index is 2.14. The third kappa shape index (κ3) is 2.51. The Kier molecular flexibility index (Phi) is 3.34. The number of hydrogen-bond acceptors (Lipinski definition) is 3. The van der Waals surface area contributed by atoms with Crippen LogP contribution in [0.15, 0.2) is 24.3 Å². The van der Waals surface area contributed by atoms with Gasteiger partial charge in [0, 0.05) is 11.9 Å². The summed E-state index contributed by atoms with van der Waals surface area (Å²) >= 11 is 0. The highest BCUT2D eigenvalue weighted by Crippen LogP contribution is 2.15. The molecule has 1 atom stereocenters. The molecule has 0 spiro atoms. The van der Waals surface area contributed by atoms with Crippen molar-refractivity contribution in [1.82, 2.24) is 15.5 Å². The maximum atomic E-state index is 12.0. The van der Waals surface area contributed by atoms with Crippen LogP contribution in [-0.2, 0) is 0 Å². The summed E-state index contributed by atoms with van der Waals surface area (Å²) in [5.41, 5.74) is 0.296. The van der Waals surface area contributed by atoms with E-state index in [4.69, 9.17) is 0 Å². The second-order valence-electron chi connectivity index (χ2n) is 4.65. The Labute approximate surface area is 105 Å². The van der Waals surface area contributed by atoms with Gasteiger partial charge in [0.2, 0.25) is 0 Å². The van der Waals surface area contributed by atoms with Gasteiger partial charge in [0.05, 0.1) is 11.1 Å². The second-order valence-corrected chi connectivity index (χ2v) is 4.65. The van der Waals surface area contributed by atoms with Crippen molar-refractivity contribution in [3.05, 3.63) is 30.0 Å². The molecule has 0 saturated heterocycles. The molecule has 96 valence electrons. The molecule has 0 aliphatic heterocycles. The van der Waals surface area contributed by atoms with Crippen LogP contribution in [0.25, 0.3) is 10.9 Å². The summed E-state index contributed by atoms with van der Waals surface area (Å²) < 4.78 is 0. The lowest BCUT2D eigenvalue weighted by molar-refractivity contribution is 0.0517. The minimum absolute atomic E-state index is 0.212. The number of amides is 1. The topological polar surface area (TPSA) is 78.0 Å². The van der Waals surface area contributed by atoms with E-state index >= 15 is 0 Å². The summed E-state index contributed by atoms with van der Waals surface area (Å²) in [6, 6.07) is 7.44. The number of aliphatic hydroxyl groups is 1. The van der Waals surface area contributed by atoms with Crippen LogP contribution < -0.4 is 5.32 Å². The van der Waals surface area contributed by atoms with E-state index < -0.39 is 5.60 Å². The molecule has 1 aromatic heterocycles. The van der Waals surface area contributed by atoms with Crippen molar-refractivity contribution in [2.24, 2.45) is 0 Å². The van der Waals surface area contributed by atoms with Gasteiger partial charge >= 0.3 is 0 Å². The number of benzene rings is 1. The van der Waals surface area contributed by atoms with Crippen molar-refractivity contribution in [2.45, 2.75) is 25.9 Å². The van der Waals surface area contributed by atoms with Gasteiger partial charge in [-0.25, -0.2) is 0 Å². The van der Waals surface area contributed by atoms with Crippen LogP contribution >= 0.6 is 0 Å². The molecule has 5 heteroatoms. The third-order valence-corrected chi connectivity index (χ3v) is 3.08. The van der Waals surface area contributed by atoms with E-state index in [1.807, 2.05) is 31.2 Å². The molecule has 3 N–H and O–H groups in total. The molecule has 5 nitrogen and oxygen atoms in total. The first-order valence-electron chi connectivity index (χ1n) is 5.97. The summed E-state index contributed by atoms with van der Waals surface area (Å²) in [5.74, 6) is -0.277. The van der Waals surface area contributed by atoms with E-state index in [0.29, 0.717) is 12.1 Å². The van der Waals surface area contributed by atoms with Crippen LogP contribution in [0, 0.1) is 0 Å². The lowest BCUT2D eigenvalue weighted by atomic mass is 10.0. The maximum absolute atomic E-state index is 12.0. The van der Waals surface area contributed by atoms with E-state index in [0.717, 1.165) is 10.9 Å². The lowest BCUT2D eigenvalue weighted by Gasteiger charge is -2.21. The highest BCUT2D eigenvalue weighted by Gasteiger charge is 2.20. The van der Waals surface area contributed by atoms with Crippen LogP contribution in [0.1, 0.15) is 30.8 Å². The van der Waals surface area contributed by atoms with Gasteiger partial charge in [0.15, 0.2) is 5.69 Å². The largest absolute Gasteiger partial charge is 0.388 e. The fourth-order valence-corrected chi connectivity index (χ4v) is 1.62. The Morgan fingerprint density at radius 1 is 1.50 bits per heavy atom. The van der Waals surface area contributed by atoms with Crippen LogP contribution in [0.5, 0.6) is 0 Å². The standard InChI is InChI=1S/C13H17N3O2/c1-3-13(2,18)8-14-12(17)11-9-6-4-5-7-10(9)15-16-11/h4-7,18H,3,8H2,1-2H3,(H,14,17)(H,15,16). The number of carbonyl (C=O) groups is 1. The first kappa shape index (κ1) is 12.6. The number of fused-ring (bicyclic) bond motifs is 1. The molecule has 2 rings (SSSR count). The van der Waals surface area contributed by atoms with Crippen molar-refractivity contribution in [1.29, 1.82) is 0 Å².